The van der Waals surface area contributed by atoms with E-state index < -0.39 is 0 Å². The molecule has 2 saturated heterocycles. The van der Waals surface area contributed by atoms with E-state index in [1.165, 1.54) is 31.4 Å². The number of halogens is 1. The summed E-state index contributed by atoms with van der Waals surface area (Å²) in [5.41, 5.74) is 1.18. The minimum absolute atomic E-state index is 0.377. The fourth-order valence-corrected chi connectivity index (χ4v) is 3.83. The molecule has 0 amide bonds. The average molecular weight is 366 g/mol. The lowest BCUT2D eigenvalue weighted by atomic mass is 10.1. The van der Waals surface area contributed by atoms with Crippen LogP contribution in [-0.4, -0.2) is 49.5 Å². The molecule has 140 valence electrons. The van der Waals surface area contributed by atoms with Crippen LogP contribution in [0, 0.1) is 17.1 Å². The first kappa shape index (κ1) is 17.5. The summed E-state index contributed by atoms with van der Waals surface area (Å²) in [5.74, 6) is 1.47. The third-order valence-electron chi connectivity index (χ3n) is 5.34. The van der Waals surface area contributed by atoms with Gasteiger partial charge in [0.2, 0.25) is 0 Å². The topological polar surface area (TPSA) is 59.3 Å². The average Bonchev–Trinajstić information content (AvgIpc) is 2.74. The van der Waals surface area contributed by atoms with Gasteiger partial charge in [-0.05, 0) is 49.6 Å². The Kier molecular flexibility index (Phi) is 5.05. The van der Waals surface area contributed by atoms with Crippen LogP contribution < -0.4 is 14.7 Å². The Balaban J connectivity index is 1.40. The van der Waals surface area contributed by atoms with E-state index in [0.717, 1.165) is 56.6 Å². The van der Waals surface area contributed by atoms with Gasteiger partial charge in [0, 0.05) is 39.3 Å². The lowest BCUT2D eigenvalue weighted by Crippen LogP contribution is -2.47. The van der Waals surface area contributed by atoms with Crippen LogP contribution in [0.15, 0.2) is 30.3 Å². The van der Waals surface area contributed by atoms with Gasteiger partial charge in [0.05, 0.1) is 11.3 Å². The first-order chi connectivity index (χ1) is 13.2. The number of anilines is 3. The lowest BCUT2D eigenvalue weighted by molar-refractivity contribution is 0.570. The maximum atomic E-state index is 13.4. The van der Waals surface area contributed by atoms with Crippen LogP contribution >= 0.6 is 0 Å². The Hall–Kier alpha value is -2.88. The van der Waals surface area contributed by atoms with Crippen LogP contribution in [0.5, 0.6) is 0 Å². The number of piperidine rings is 1. The molecule has 0 aliphatic carbocycles. The van der Waals surface area contributed by atoms with Gasteiger partial charge in [0.1, 0.15) is 11.9 Å². The fraction of sp³-hybridized carbons (Fsp3) is 0.450. The highest BCUT2D eigenvalue weighted by molar-refractivity contribution is 5.60. The highest BCUT2D eigenvalue weighted by atomic mass is 19.1. The van der Waals surface area contributed by atoms with Gasteiger partial charge in [-0.25, -0.2) is 4.39 Å². The molecule has 0 bridgehead atoms. The zero-order valence-corrected chi connectivity index (χ0v) is 15.3. The fourth-order valence-electron chi connectivity index (χ4n) is 3.83. The van der Waals surface area contributed by atoms with Gasteiger partial charge >= 0.3 is 0 Å². The van der Waals surface area contributed by atoms with Gasteiger partial charge in [0.15, 0.2) is 11.6 Å². The summed E-state index contributed by atoms with van der Waals surface area (Å²) in [6, 6.07) is 10.6. The van der Waals surface area contributed by atoms with E-state index in [4.69, 9.17) is 0 Å². The minimum Gasteiger partial charge on any atom is -0.367 e. The summed E-state index contributed by atoms with van der Waals surface area (Å²) >= 11 is 0. The predicted molar refractivity (Wildman–Crippen MR) is 104 cm³/mol. The van der Waals surface area contributed by atoms with Crippen LogP contribution in [-0.2, 0) is 0 Å². The molecule has 0 unspecified atom stereocenters. The minimum atomic E-state index is -0.377. The molecule has 1 aromatic heterocycles. The summed E-state index contributed by atoms with van der Waals surface area (Å²) in [5, 5.41) is 18.1. The Morgan fingerprint density at radius 2 is 1.37 bits per heavy atom. The van der Waals surface area contributed by atoms with E-state index >= 15 is 0 Å². The van der Waals surface area contributed by atoms with E-state index in [1.54, 1.807) is 6.07 Å². The highest BCUT2D eigenvalue weighted by Gasteiger charge is 2.21. The zero-order chi connectivity index (χ0) is 18.6. The Morgan fingerprint density at radius 3 is 1.96 bits per heavy atom. The van der Waals surface area contributed by atoms with Crippen molar-refractivity contribution in [2.75, 3.05) is 54.0 Å². The number of hydrogen-bond donors (Lipinski definition) is 0. The summed E-state index contributed by atoms with van der Waals surface area (Å²) in [7, 11) is 0. The molecule has 2 fully saturated rings. The van der Waals surface area contributed by atoms with Crippen LogP contribution in [0.2, 0.25) is 0 Å². The highest BCUT2D eigenvalue weighted by Crippen LogP contribution is 2.24. The molecule has 6 nitrogen and oxygen atoms in total. The molecule has 0 radical (unpaired) electrons. The molecular weight excluding hydrogens is 343 g/mol. The molecule has 7 heteroatoms. The van der Waals surface area contributed by atoms with Crippen molar-refractivity contribution in [2.24, 2.45) is 0 Å². The molecule has 0 N–H and O–H groups in total. The maximum Gasteiger partial charge on any atom is 0.151 e. The quantitative estimate of drug-likeness (QED) is 0.833. The van der Waals surface area contributed by atoms with Crippen molar-refractivity contribution >= 4 is 17.3 Å². The SMILES string of the molecule is N#Cc1cc(F)ccc1N1CCN(c2ccc(N3CCCCC3)nn2)CC1. The van der Waals surface area contributed by atoms with Crippen molar-refractivity contribution in [3.05, 3.63) is 41.7 Å². The third-order valence-corrected chi connectivity index (χ3v) is 5.34. The van der Waals surface area contributed by atoms with Crippen LogP contribution in [0.3, 0.4) is 0 Å². The largest absolute Gasteiger partial charge is 0.367 e. The van der Waals surface area contributed by atoms with Gasteiger partial charge in [-0.3, -0.25) is 0 Å². The van der Waals surface area contributed by atoms with Crippen molar-refractivity contribution in [2.45, 2.75) is 19.3 Å². The van der Waals surface area contributed by atoms with Gasteiger partial charge in [-0.1, -0.05) is 0 Å². The predicted octanol–water partition coefficient (Wildman–Crippen LogP) is 2.80. The number of nitrogens with zero attached hydrogens (tertiary/aromatic N) is 6. The third kappa shape index (κ3) is 3.80. The van der Waals surface area contributed by atoms with E-state index in [9.17, 15) is 9.65 Å². The standard InChI is InChI=1S/C20H23FN6/c21-17-4-5-18(16(14-17)15-22)25-10-12-27(13-11-25)20-7-6-19(23-24-20)26-8-2-1-3-9-26/h4-7,14H,1-3,8-13H2. The Bertz CT molecular complexity index is 817. The van der Waals surface area contributed by atoms with Gasteiger partial charge in [-0.2, -0.15) is 5.26 Å². The summed E-state index contributed by atoms with van der Waals surface area (Å²) in [6.07, 6.45) is 3.74. The second-order valence-electron chi connectivity index (χ2n) is 7.04. The molecule has 0 saturated carbocycles. The second kappa shape index (κ2) is 7.78. The molecule has 4 rings (SSSR count). The number of nitriles is 1. The first-order valence-corrected chi connectivity index (χ1v) is 9.53. The Morgan fingerprint density at radius 1 is 0.778 bits per heavy atom. The second-order valence-corrected chi connectivity index (χ2v) is 7.04. The molecule has 1 aromatic carbocycles. The van der Waals surface area contributed by atoms with E-state index in [2.05, 4.69) is 37.0 Å². The number of piperazine rings is 1. The van der Waals surface area contributed by atoms with Crippen molar-refractivity contribution in [3.8, 4) is 6.07 Å². The molecule has 0 spiro atoms. The maximum absolute atomic E-state index is 13.4. The molecule has 3 heterocycles. The van der Waals surface area contributed by atoms with Gasteiger partial charge in [-0.15, -0.1) is 10.2 Å². The number of benzene rings is 1. The monoisotopic (exact) mass is 366 g/mol. The van der Waals surface area contributed by atoms with Crippen LogP contribution in [0.25, 0.3) is 0 Å². The molecule has 2 aliphatic rings. The zero-order valence-electron chi connectivity index (χ0n) is 15.3. The lowest BCUT2D eigenvalue weighted by Gasteiger charge is -2.37. The number of rotatable bonds is 3. The van der Waals surface area contributed by atoms with Crippen LogP contribution in [0.4, 0.5) is 21.7 Å². The van der Waals surface area contributed by atoms with E-state index in [1.807, 2.05) is 6.07 Å². The van der Waals surface area contributed by atoms with Gasteiger partial charge in [0.25, 0.3) is 0 Å². The summed E-state index contributed by atoms with van der Waals surface area (Å²) < 4.78 is 13.4. The van der Waals surface area contributed by atoms with E-state index in [0.29, 0.717) is 5.56 Å². The van der Waals surface area contributed by atoms with Crippen molar-refractivity contribution < 1.29 is 4.39 Å². The van der Waals surface area contributed by atoms with Crippen molar-refractivity contribution in [1.82, 2.24) is 10.2 Å². The number of hydrogen-bond acceptors (Lipinski definition) is 6. The molecular formula is C20H23FN6. The van der Waals surface area contributed by atoms with E-state index in [-0.39, 0.29) is 5.82 Å². The smallest absolute Gasteiger partial charge is 0.151 e. The van der Waals surface area contributed by atoms with Crippen molar-refractivity contribution in [3.63, 3.8) is 0 Å². The summed E-state index contributed by atoms with van der Waals surface area (Å²) in [6.45, 7) is 5.23. The molecule has 0 atom stereocenters. The van der Waals surface area contributed by atoms with Crippen LogP contribution in [0.1, 0.15) is 24.8 Å². The van der Waals surface area contributed by atoms with Gasteiger partial charge < -0.3 is 14.7 Å². The molecule has 27 heavy (non-hydrogen) atoms. The first-order valence-electron chi connectivity index (χ1n) is 9.53. The number of aromatic nitrogens is 2. The Labute approximate surface area is 158 Å². The molecule has 2 aliphatic heterocycles. The molecule has 2 aromatic rings. The summed E-state index contributed by atoms with van der Waals surface area (Å²) in [4.78, 5) is 6.64. The normalized spacial score (nSPS) is 17.7. The van der Waals surface area contributed by atoms with Crippen molar-refractivity contribution in [1.29, 1.82) is 5.26 Å².